The standard InChI is InChI=1S/C11H22N2O2/c1-12(8-5-11(14)15-2)9-10-13-6-3-4-7-13/h3-10H2,1-2H3. The Balaban J connectivity index is 2.02. The largest absolute Gasteiger partial charge is 0.469 e. The SMILES string of the molecule is COC(=O)CCN(C)CCN1CCCC1. The van der Waals surface area contributed by atoms with Crippen LogP contribution in [0.15, 0.2) is 0 Å². The van der Waals surface area contributed by atoms with Crippen molar-refractivity contribution in [3.8, 4) is 0 Å². The first-order valence-corrected chi connectivity index (χ1v) is 5.70. The zero-order valence-electron chi connectivity index (χ0n) is 9.87. The highest BCUT2D eigenvalue weighted by molar-refractivity contribution is 5.69. The number of nitrogens with zero attached hydrogens (tertiary/aromatic N) is 2. The summed E-state index contributed by atoms with van der Waals surface area (Å²) in [4.78, 5) is 15.6. The van der Waals surface area contributed by atoms with E-state index in [0.29, 0.717) is 6.42 Å². The molecule has 0 N–H and O–H groups in total. The van der Waals surface area contributed by atoms with E-state index in [1.165, 1.54) is 33.0 Å². The molecule has 1 fully saturated rings. The number of esters is 1. The molecule has 0 bridgehead atoms. The highest BCUT2D eigenvalue weighted by Gasteiger charge is 2.12. The first kappa shape index (κ1) is 12.5. The lowest BCUT2D eigenvalue weighted by Gasteiger charge is -2.20. The second-order valence-electron chi connectivity index (χ2n) is 4.18. The molecule has 1 heterocycles. The van der Waals surface area contributed by atoms with E-state index in [4.69, 9.17) is 0 Å². The van der Waals surface area contributed by atoms with Gasteiger partial charge in [-0.05, 0) is 33.0 Å². The van der Waals surface area contributed by atoms with Gasteiger partial charge in [-0.25, -0.2) is 0 Å². The van der Waals surface area contributed by atoms with Crippen LogP contribution in [0.5, 0.6) is 0 Å². The summed E-state index contributed by atoms with van der Waals surface area (Å²) in [5.41, 5.74) is 0. The van der Waals surface area contributed by atoms with E-state index in [0.717, 1.165) is 19.6 Å². The number of likely N-dealkylation sites (N-methyl/N-ethyl adjacent to an activating group) is 1. The molecule has 1 aliphatic rings. The molecule has 0 unspecified atom stereocenters. The summed E-state index contributed by atoms with van der Waals surface area (Å²) in [6, 6.07) is 0. The number of hydrogen-bond acceptors (Lipinski definition) is 4. The van der Waals surface area contributed by atoms with Crippen LogP contribution >= 0.6 is 0 Å². The molecule has 88 valence electrons. The molecule has 0 aliphatic carbocycles. The van der Waals surface area contributed by atoms with Crippen molar-refractivity contribution >= 4 is 5.97 Å². The van der Waals surface area contributed by atoms with E-state index < -0.39 is 0 Å². The van der Waals surface area contributed by atoms with Gasteiger partial charge in [-0.3, -0.25) is 4.79 Å². The normalized spacial score (nSPS) is 17.3. The van der Waals surface area contributed by atoms with E-state index in [2.05, 4.69) is 21.6 Å². The summed E-state index contributed by atoms with van der Waals surface area (Å²) in [5.74, 6) is -0.122. The highest BCUT2D eigenvalue weighted by Crippen LogP contribution is 2.06. The lowest BCUT2D eigenvalue weighted by molar-refractivity contribution is -0.140. The Morgan fingerprint density at radius 2 is 2.00 bits per heavy atom. The predicted molar refractivity (Wildman–Crippen MR) is 59.8 cm³/mol. The van der Waals surface area contributed by atoms with Crippen molar-refractivity contribution in [2.24, 2.45) is 0 Å². The second-order valence-corrected chi connectivity index (χ2v) is 4.18. The molecule has 1 rings (SSSR count). The summed E-state index contributed by atoms with van der Waals surface area (Å²) in [7, 11) is 3.49. The third-order valence-electron chi connectivity index (χ3n) is 2.92. The van der Waals surface area contributed by atoms with Crippen LogP contribution in [-0.2, 0) is 9.53 Å². The fourth-order valence-corrected chi connectivity index (χ4v) is 1.81. The number of likely N-dealkylation sites (tertiary alicyclic amines) is 1. The molecule has 4 nitrogen and oxygen atoms in total. The minimum absolute atomic E-state index is 0.122. The third-order valence-corrected chi connectivity index (χ3v) is 2.92. The Kier molecular flexibility index (Phi) is 5.65. The molecule has 0 aromatic heterocycles. The number of methoxy groups -OCH3 is 1. The van der Waals surface area contributed by atoms with Crippen LogP contribution in [0.4, 0.5) is 0 Å². The van der Waals surface area contributed by atoms with E-state index in [1.54, 1.807) is 0 Å². The summed E-state index contributed by atoms with van der Waals surface area (Å²) in [5, 5.41) is 0. The Morgan fingerprint density at radius 1 is 1.33 bits per heavy atom. The number of rotatable bonds is 6. The molecule has 0 aromatic rings. The lowest BCUT2D eigenvalue weighted by atomic mass is 10.4. The van der Waals surface area contributed by atoms with Gasteiger partial charge in [0.25, 0.3) is 0 Å². The summed E-state index contributed by atoms with van der Waals surface area (Å²) >= 11 is 0. The maximum absolute atomic E-state index is 10.9. The maximum atomic E-state index is 10.9. The Bertz CT molecular complexity index is 191. The smallest absolute Gasteiger partial charge is 0.306 e. The topological polar surface area (TPSA) is 32.8 Å². The quantitative estimate of drug-likeness (QED) is 0.605. The van der Waals surface area contributed by atoms with Gasteiger partial charge in [-0.1, -0.05) is 0 Å². The van der Waals surface area contributed by atoms with E-state index in [-0.39, 0.29) is 5.97 Å². The van der Waals surface area contributed by atoms with Gasteiger partial charge in [-0.2, -0.15) is 0 Å². The molecular formula is C11H22N2O2. The van der Waals surface area contributed by atoms with Crippen LogP contribution < -0.4 is 0 Å². The number of carbonyl (C=O) groups is 1. The second kappa shape index (κ2) is 6.80. The van der Waals surface area contributed by atoms with Gasteiger partial charge in [0.15, 0.2) is 0 Å². The van der Waals surface area contributed by atoms with Gasteiger partial charge in [0.1, 0.15) is 0 Å². The molecule has 4 heteroatoms. The predicted octanol–water partition coefficient (Wildman–Crippen LogP) is 0.577. The average Bonchev–Trinajstić information content (AvgIpc) is 2.75. The maximum Gasteiger partial charge on any atom is 0.306 e. The Morgan fingerprint density at radius 3 is 2.60 bits per heavy atom. The van der Waals surface area contributed by atoms with Gasteiger partial charge >= 0.3 is 5.97 Å². The minimum atomic E-state index is -0.122. The van der Waals surface area contributed by atoms with Gasteiger partial charge in [0, 0.05) is 19.6 Å². The lowest BCUT2D eigenvalue weighted by Crippen LogP contribution is -2.32. The first-order chi connectivity index (χ1) is 7.22. The van der Waals surface area contributed by atoms with E-state index in [1.807, 2.05) is 0 Å². The van der Waals surface area contributed by atoms with Crippen LogP contribution in [0.2, 0.25) is 0 Å². The minimum Gasteiger partial charge on any atom is -0.469 e. The zero-order chi connectivity index (χ0) is 11.1. The molecule has 0 saturated carbocycles. The monoisotopic (exact) mass is 214 g/mol. The fraction of sp³-hybridized carbons (Fsp3) is 0.909. The Hall–Kier alpha value is -0.610. The van der Waals surface area contributed by atoms with Crippen molar-refractivity contribution in [1.29, 1.82) is 0 Å². The summed E-state index contributed by atoms with van der Waals surface area (Å²) in [6.07, 6.45) is 3.17. The molecule has 0 atom stereocenters. The van der Waals surface area contributed by atoms with Crippen LogP contribution in [-0.4, -0.2) is 62.7 Å². The third kappa shape index (κ3) is 5.14. The molecule has 1 saturated heterocycles. The van der Waals surface area contributed by atoms with Crippen molar-refractivity contribution in [3.05, 3.63) is 0 Å². The molecule has 0 spiro atoms. The Labute approximate surface area is 92.2 Å². The number of ether oxygens (including phenoxy) is 1. The van der Waals surface area contributed by atoms with Gasteiger partial charge in [0.05, 0.1) is 13.5 Å². The van der Waals surface area contributed by atoms with Crippen LogP contribution in [0.3, 0.4) is 0 Å². The molecule has 0 aromatic carbocycles. The van der Waals surface area contributed by atoms with Crippen molar-refractivity contribution in [3.63, 3.8) is 0 Å². The van der Waals surface area contributed by atoms with Crippen LogP contribution in [0.25, 0.3) is 0 Å². The first-order valence-electron chi connectivity index (χ1n) is 5.70. The van der Waals surface area contributed by atoms with Crippen molar-refractivity contribution < 1.29 is 9.53 Å². The van der Waals surface area contributed by atoms with Gasteiger partial charge in [-0.15, -0.1) is 0 Å². The molecule has 1 aliphatic heterocycles. The highest BCUT2D eigenvalue weighted by atomic mass is 16.5. The van der Waals surface area contributed by atoms with E-state index >= 15 is 0 Å². The number of carbonyl (C=O) groups excluding carboxylic acids is 1. The summed E-state index contributed by atoms with van der Waals surface area (Å²) in [6.45, 7) is 5.44. The molecule has 0 amide bonds. The van der Waals surface area contributed by atoms with Crippen molar-refractivity contribution in [2.75, 3.05) is 46.9 Å². The van der Waals surface area contributed by atoms with Crippen LogP contribution in [0, 0.1) is 0 Å². The van der Waals surface area contributed by atoms with Gasteiger partial charge in [0.2, 0.25) is 0 Å². The zero-order valence-corrected chi connectivity index (χ0v) is 9.87. The van der Waals surface area contributed by atoms with Crippen LogP contribution in [0.1, 0.15) is 19.3 Å². The van der Waals surface area contributed by atoms with Crippen molar-refractivity contribution in [1.82, 2.24) is 9.80 Å². The van der Waals surface area contributed by atoms with Gasteiger partial charge < -0.3 is 14.5 Å². The molecule has 15 heavy (non-hydrogen) atoms. The molecule has 0 radical (unpaired) electrons. The van der Waals surface area contributed by atoms with Crippen molar-refractivity contribution in [2.45, 2.75) is 19.3 Å². The average molecular weight is 214 g/mol. The number of hydrogen-bond donors (Lipinski definition) is 0. The molecular weight excluding hydrogens is 192 g/mol. The summed E-state index contributed by atoms with van der Waals surface area (Å²) < 4.78 is 4.60. The fourth-order valence-electron chi connectivity index (χ4n) is 1.81. The van der Waals surface area contributed by atoms with E-state index in [9.17, 15) is 4.79 Å².